The number of nitrogens with one attached hydrogen (secondary N) is 1. The number of halogens is 3. The van der Waals surface area contributed by atoms with Crippen LogP contribution in [-0.4, -0.2) is 34.7 Å². The van der Waals surface area contributed by atoms with Crippen molar-refractivity contribution in [3.8, 4) is 17.1 Å². The number of aromatic amines is 1. The highest BCUT2D eigenvalue weighted by molar-refractivity contribution is 5.84. The van der Waals surface area contributed by atoms with Gasteiger partial charge in [0.05, 0.1) is 5.69 Å². The minimum atomic E-state index is -4.57. The molecule has 0 aliphatic heterocycles. The molecule has 34 heavy (non-hydrogen) atoms. The smallest absolute Gasteiger partial charge is 0.306 e. The zero-order chi connectivity index (χ0) is 23.9. The van der Waals surface area contributed by atoms with Gasteiger partial charge in [-0.2, -0.15) is 18.3 Å². The van der Waals surface area contributed by atoms with E-state index < -0.39 is 17.4 Å². The van der Waals surface area contributed by atoms with Crippen molar-refractivity contribution in [1.82, 2.24) is 34.7 Å². The molecule has 0 spiro atoms. The summed E-state index contributed by atoms with van der Waals surface area (Å²) < 4.78 is 41.2. The number of nitrogens with zero attached hydrogens (tertiary/aromatic N) is 6. The van der Waals surface area contributed by atoms with E-state index in [-0.39, 0.29) is 11.4 Å². The maximum Gasteiger partial charge on any atom is 0.433 e. The van der Waals surface area contributed by atoms with Crippen LogP contribution in [0.15, 0.2) is 66.0 Å². The number of H-pyrrole nitrogens is 1. The van der Waals surface area contributed by atoms with Gasteiger partial charge < -0.3 is 4.98 Å². The number of hydrogen-bond acceptors (Lipinski definition) is 6. The summed E-state index contributed by atoms with van der Waals surface area (Å²) in [5.74, 6) is 0.650. The second-order valence-electron chi connectivity index (χ2n) is 7.61. The number of pyridine rings is 4. The maximum atomic E-state index is 13.2. The van der Waals surface area contributed by atoms with E-state index in [1.807, 2.05) is 6.07 Å². The first-order valence-electron chi connectivity index (χ1n) is 10.2. The summed E-state index contributed by atoms with van der Waals surface area (Å²) in [7, 11) is 0. The molecule has 170 valence electrons. The monoisotopic (exact) mass is 463 g/mol. The average molecular weight is 463 g/mol. The van der Waals surface area contributed by atoms with Crippen molar-refractivity contribution in [2.75, 3.05) is 0 Å². The van der Waals surface area contributed by atoms with Gasteiger partial charge in [0.1, 0.15) is 11.3 Å². The van der Waals surface area contributed by atoms with E-state index in [4.69, 9.17) is 0 Å². The Labute approximate surface area is 190 Å². The lowest BCUT2D eigenvalue weighted by Crippen LogP contribution is -2.12. The highest BCUT2D eigenvalue weighted by Crippen LogP contribution is 2.32. The van der Waals surface area contributed by atoms with Crippen LogP contribution in [0.5, 0.6) is 0 Å². The first-order valence-corrected chi connectivity index (χ1v) is 10.2. The Hall–Kier alpha value is -4.41. The molecule has 0 radical (unpaired) electrons. The van der Waals surface area contributed by atoms with Crippen LogP contribution in [0.4, 0.5) is 13.2 Å². The van der Waals surface area contributed by atoms with E-state index in [0.717, 1.165) is 11.8 Å². The minimum absolute atomic E-state index is 0.0502. The van der Waals surface area contributed by atoms with Crippen molar-refractivity contribution in [1.29, 1.82) is 0 Å². The summed E-state index contributed by atoms with van der Waals surface area (Å²) >= 11 is 0. The molecule has 0 fully saturated rings. The normalized spacial score (nSPS) is 11.8. The highest BCUT2D eigenvalue weighted by atomic mass is 19.4. The predicted octanol–water partition coefficient (Wildman–Crippen LogP) is 3.88. The third-order valence-electron chi connectivity index (χ3n) is 5.16. The summed E-state index contributed by atoms with van der Waals surface area (Å²) in [4.78, 5) is 31.5. The van der Waals surface area contributed by atoms with Crippen LogP contribution in [-0.2, 0) is 12.6 Å². The number of aromatic nitrogens is 7. The molecule has 0 bridgehead atoms. The number of fused-ring (bicyclic) bond motifs is 1. The van der Waals surface area contributed by atoms with Gasteiger partial charge in [-0.25, -0.2) is 14.6 Å². The van der Waals surface area contributed by atoms with E-state index in [9.17, 15) is 18.0 Å². The van der Waals surface area contributed by atoms with Gasteiger partial charge in [0, 0.05) is 48.2 Å². The van der Waals surface area contributed by atoms with E-state index in [1.54, 1.807) is 36.8 Å². The lowest BCUT2D eigenvalue weighted by molar-refractivity contribution is -0.141. The maximum absolute atomic E-state index is 13.2. The Bertz CT molecular complexity index is 1560. The Morgan fingerprint density at radius 1 is 1.06 bits per heavy atom. The Morgan fingerprint density at radius 3 is 2.62 bits per heavy atom. The Kier molecular flexibility index (Phi) is 5.16. The quantitative estimate of drug-likeness (QED) is 0.434. The van der Waals surface area contributed by atoms with Crippen LogP contribution in [0, 0.1) is 6.92 Å². The van der Waals surface area contributed by atoms with E-state index in [1.165, 1.54) is 23.7 Å². The van der Waals surface area contributed by atoms with Crippen LogP contribution < -0.4 is 5.56 Å². The van der Waals surface area contributed by atoms with Crippen LogP contribution in [0.2, 0.25) is 0 Å². The molecule has 11 heteroatoms. The van der Waals surface area contributed by atoms with Crippen molar-refractivity contribution in [2.24, 2.45) is 0 Å². The molecule has 5 aromatic heterocycles. The van der Waals surface area contributed by atoms with Crippen LogP contribution in [0.3, 0.4) is 0 Å². The summed E-state index contributed by atoms with van der Waals surface area (Å²) in [6.45, 7) is 1.34. The second kappa shape index (κ2) is 8.18. The Morgan fingerprint density at radius 2 is 1.88 bits per heavy atom. The standard InChI is InChI=1S/C23H16F3N7O/c1-13-8-15(12-29-20(13)23(24,25)26)22-30-18(9-14-4-2-6-27-11-14)32-33(22)17-10-19(34)31-21-16(17)5-3-7-28-21/h2-8,10-12H,9H2,1H3,(H,28,31,34). The van der Waals surface area contributed by atoms with Gasteiger partial charge in [-0.3, -0.25) is 14.8 Å². The molecule has 0 amide bonds. The van der Waals surface area contributed by atoms with E-state index in [0.29, 0.717) is 34.5 Å². The van der Waals surface area contributed by atoms with Gasteiger partial charge >= 0.3 is 6.18 Å². The molecular weight excluding hydrogens is 447 g/mol. The molecule has 5 rings (SSSR count). The summed E-state index contributed by atoms with van der Waals surface area (Å²) in [6.07, 6.45) is 1.74. The van der Waals surface area contributed by atoms with Crippen molar-refractivity contribution < 1.29 is 13.2 Å². The average Bonchev–Trinajstić information content (AvgIpc) is 3.21. The topological polar surface area (TPSA) is 102 Å². The fraction of sp³-hybridized carbons (Fsp3) is 0.130. The van der Waals surface area contributed by atoms with Gasteiger partial charge in [-0.1, -0.05) is 6.07 Å². The molecule has 0 unspecified atom stereocenters. The fourth-order valence-electron chi connectivity index (χ4n) is 3.71. The zero-order valence-corrected chi connectivity index (χ0v) is 17.7. The number of alkyl halides is 3. The number of aryl methyl sites for hydroxylation is 1. The van der Waals surface area contributed by atoms with Gasteiger partial charge in [0.15, 0.2) is 11.6 Å². The zero-order valence-electron chi connectivity index (χ0n) is 17.7. The molecule has 0 saturated carbocycles. The van der Waals surface area contributed by atoms with Crippen LogP contribution >= 0.6 is 0 Å². The largest absolute Gasteiger partial charge is 0.433 e. The van der Waals surface area contributed by atoms with Gasteiger partial charge in [-0.15, -0.1) is 0 Å². The molecule has 0 saturated heterocycles. The van der Waals surface area contributed by atoms with Crippen molar-refractivity contribution in [3.05, 3.63) is 94.2 Å². The van der Waals surface area contributed by atoms with Gasteiger partial charge in [-0.05, 0) is 42.3 Å². The molecule has 0 aliphatic carbocycles. The van der Waals surface area contributed by atoms with E-state index in [2.05, 4.69) is 30.0 Å². The minimum Gasteiger partial charge on any atom is -0.306 e. The molecular formula is C23H16F3N7O. The van der Waals surface area contributed by atoms with Gasteiger partial charge in [0.2, 0.25) is 0 Å². The summed E-state index contributed by atoms with van der Waals surface area (Å²) in [5, 5.41) is 5.19. The third-order valence-corrected chi connectivity index (χ3v) is 5.16. The second-order valence-corrected chi connectivity index (χ2v) is 7.61. The predicted molar refractivity (Wildman–Crippen MR) is 117 cm³/mol. The van der Waals surface area contributed by atoms with Crippen molar-refractivity contribution in [3.63, 3.8) is 0 Å². The van der Waals surface area contributed by atoms with Crippen molar-refractivity contribution in [2.45, 2.75) is 19.5 Å². The third kappa shape index (κ3) is 4.03. The fourth-order valence-corrected chi connectivity index (χ4v) is 3.71. The molecule has 8 nitrogen and oxygen atoms in total. The molecule has 1 N–H and O–H groups in total. The summed E-state index contributed by atoms with van der Waals surface area (Å²) in [6, 6.07) is 9.82. The Balaban J connectivity index is 1.72. The van der Waals surface area contributed by atoms with Crippen LogP contribution in [0.25, 0.3) is 28.1 Å². The van der Waals surface area contributed by atoms with Gasteiger partial charge in [0.25, 0.3) is 5.56 Å². The van der Waals surface area contributed by atoms with Crippen LogP contribution in [0.1, 0.15) is 22.6 Å². The molecule has 5 aromatic rings. The number of rotatable bonds is 4. The first kappa shape index (κ1) is 21.4. The molecule has 0 atom stereocenters. The molecule has 0 aliphatic rings. The highest BCUT2D eigenvalue weighted by Gasteiger charge is 2.34. The lowest BCUT2D eigenvalue weighted by atomic mass is 10.1. The SMILES string of the molecule is Cc1cc(-c2nc(Cc3cccnc3)nn2-c2cc(=O)[nH]c3ncccc23)cnc1C(F)(F)F. The number of hydrogen-bond donors (Lipinski definition) is 1. The molecule has 5 heterocycles. The molecule has 0 aromatic carbocycles. The lowest BCUT2D eigenvalue weighted by Gasteiger charge is -2.11. The first-order chi connectivity index (χ1) is 16.3. The van der Waals surface area contributed by atoms with Crippen molar-refractivity contribution >= 4 is 11.0 Å². The van der Waals surface area contributed by atoms with E-state index >= 15 is 0 Å². The summed E-state index contributed by atoms with van der Waals surface area (Å²) in [5.41, 5.74) is 0.497.